The Labute approximate surface area is 189 Å². The number of carbonyl (C=O) groups is 3. The van der Waals surface area contributed by atoms with Crippen molar-refractivity contribution in [2.45, 2.75) is 65.3 Å². The van der Waals surface area contributed by atoms with Crippen molar-refractivity contribution in [2.75, 3.05) is 19.8 Å². The van der Waals surface area contributed by atoms with Crippen LogP contribution in [0, 0.1) is 5.41 Å². The quantitative estimate of drug-likeness (QED) is 0.146. The fraction of sp³-hybridized carbons (Fsp3) is 0.609. The summed E-state index contributed by atoms with van der Waals surface area (Å²) in [5.74, 6) is -5.58. The first-order chi connectivity index (χ1) is 14.9. The molecule has 182 valence electrons. The smallest absolute Gasteiger partial charge is 0.336 e. The Kier molecular flexibility index (Phi) is 12.1. The van der Waals surface area contributed by atoms with Crippen LogP contribution in [0.25, 0.3) is 0 Å². The van der Waals surface area contributed by atoms with Crippen LogP contribution < -0.4 is 0 Å². The molecule has 32 heavy (non-hydrogen) atoms. The zero-order chi connectivity index (χ0) is 25.1. The van der Waals surface area contributed by atoms with E-state index in [1.165, 1.54) is 20.8 Å². The molecule has 0 rings (SSSR count). The number of unbranched alkanes of at least 4 members (excludes halogenated alkanes) is 2. The Morgan fingerprint density at radius 3 is 1.50 bits per heavy atom. The van der Waals surface area contributed by atoms with E-state index >= 15 is 0 Å². The van der Waals surface area contributed by atoms with Crippen LogP contribution in [0.5, 0.6) is 0 Å². The minimum atomic E-state index is -2.60. The third kappa shape index (κ3) is 7.01. The van der Waals surface area contributed by atoms with Gasteiger partial charge in [0.1, 0.15) is 5.41 Å². The monoisotopic (exact) mass is 456 g/mol. The molecule has 1 unspecified atom stereocenters. The van der Waals surface area contributed by atoms with Crippen molar-refractivity contribution in [3.05, 3.63) is 36.5 Å². The largest absolute Gasteiger partial charge is 0.451 e. The van der Waals surface area contributed by atoms with Crippen molar-refractivity contribution in [3.63, 3.8) is 0 Å². The van der Waals surface area contributed by atoms with Crippen molar-refractivity contribution in [1.29, 1.82) is 0 Å². The number of aliphatic hydroxyl groups is 3. The first-order valence-corrected chi connectivity index (χ1v) is 10.3. The molecule has 9 nitrogen and oxygen atoms in total. The second kappa shape index (κ2) is 13.1. The van der Waals surface area contributed by atoms with Crippen molar-refractivity contribution in [2.24, 2.45) is 5.41 Å². The van der Waals surface area contributed by atoms with E-state index in [4.69, 9.17) is 14.2 Å². The topological polar surface area (TPSA) is 140 Å². The molecule has 0 aliphatic rings. The van der Waals surface area contributed by atoms with Crippen LogP contribution in [-0.2, 0) is 28.6 Å². The molecule has 0 aromatic rings. The van der Waals surface area contributed by atoms with Gasteiger partial charge in [-0.2, -0.15) is 0 Å². The summed E-state index contributed by atoms with van der Waals surface area (Å²) >= 11 is 0. The lowest BCUT2D eigenvalue weighted by Gasteiger charge is -2.48. The Morgan fingerprint density at radius 2 is 1.19 bits per heavy atom. The number of hydrogen-bond acceptors (Lipinski definition) is 9. The molecule has 1 atom stereocenters. The van der Waals surface area contributed by atoms with Crippen molar-refractivity contribution in [3.8, 4) is 0 Å². The number of rotatable bonds is 15. The molecule has 0 heterocycles. The van der Waals surface area contributed by atoms with E-state index in [1.807, 2.05) is 6.92 Å². The summed E-state index contributed by atoms with van der Waals surface area (Å²) in [6.07, 6.45) is 0.430. The molecular formula is C23H36O9. The Hall–Kier alpha value is -2.49. The highest BCUT2D eigenvalue weighted by Gasteiger charge is 2.64. The van der Waals surface area contributed by atoms with Crippen LogP contribution in [-0.4, -0.2) is 64.9 Å². The molecule has 0 spiro atoms. The molecule has 9 heteroatoms. The van der Waals surface area contributed by atoms with Gasteiger partial charge in [-0.3, -0.25) is 0 Å². The second-order valence-electron chi connectivity index (χ2n) is 7.93. The summed E-state index contributed by atoms with van der Waals surface area (Å²) < 4.78 is 16.6. The number of ether oxygens (including phenoxy) is 3. The fourth-order valence-electron chi connectivity index (χ4n) is 2.78. The normalized spacial score (nSPS) is 12.5. The minimum absolute atomic E-state index is 0.0134. The molecular weight excluding hydrogens is 420 g/mol. The average molecular weight is 457 g/mol. The molecule has 0 radical (unpaired) electrons. The summed E-state index contributed by atoms with van der Waals surface area (Å²) in [5.41, 5.74) is -2.32. The van der Waals surface area contributed by atoms with Crippen LogP contribution >= 0.6 is 0 Å². The Morgan fingerprint density at radius 1 is 0.781 bits per heavy atom. The average Bonchev–Trinajstić information content (AvgIpc) is 2.73. The molecule has 0 aromatic carbocycles. The summed E-state index contributed by atoms with van der Waals surface area (Å²) in [4.78, 5) is 37.7. The highest BCUT2D eigenvalue weighted by atomic mass is 16.8. The summed E-state index contributed by atoms with van der Waals surface area (Å²) in [7, 11) is 0. The summed E-state index contributed by atoms with van der Waals surface area (Å²) in [6.45, 7) is 13.5. The summed E-state index contributed by atoms with van der Waals surface area (Å²) in [6, 6.07) is 0. The van der Waals surface area contributed by atoms with Gasteiger partial charge >= 0.3 is 23.7 Å². The number of carbonyl (C=O) groups excluding carboxylic acids is 3. The molecule has 0 saturated heterocycles. The molecule has 0 saturated carbocycles. The van der Waals surface area contributed by atoms with Crippen LogP contribution in [0.2, 0.25) is 0 Å². The van der Waals surface area contributed by atoms with Gasteiger partial charge in [-0.25, -0.2) is 14.4 Å². The van der Waals surface area contributed by atoms with E-state index in [9.17, 15) is 29.7 Å². The van der Waals surface area contributed by atoms with Crippen molar-refractivity contribution in [1.82, 2.24) is 0 Å². The molecule has 0 amide bonds. The molecule has 0 aromatic heterocycles. The standard InChI is InChI=1S/C23H36O9/c1-8-9-10-11-18(30-19(27)15(2)3)23(31-20(28)16(4)5,32-21(29)17(6)7)22(12-24,13-25)14-26/h18,24-26H,2,4,6,8-14H2,1,3,5,7H3. The van der Waals surface area contributed by atoms with Crippen LogP contribution in [0.4, 0.5) is 0 Å². The van der Waals surface area contributed by atoms with Gasteiger partial charge in [0.15, 0.2) is 6.10 Å². The third-order valence-electron chi connectivity index (χ3n) is 4.92. The maximum atomic E-state index is 12.6. The van der Waals surface area contributed by atoms with Gasteiger partial charge in [-0.15, -0.1) is 0 Å². The fourth-order valence-corrected chi connectivity index (χ4v) is 2.78. The van der Waals surface area contributed by atoms with E-state index in [0.717, 1.165) is 6.42 Å². The number of hydrogen-bond donors (Lipinski definition) is 3. The highest BCUT2D eigenvalue weighted by Crippen LogP contribution is 2.43. The molecule has 0 aliphatic heterocycles. The van der Waals surface area contributed by atoms with E-state index in [-0.39, 0.29) is 23.1 Å². The number of aliphatic hydroxyl groups excluding tert-OH is 3. The van der Waals surface area contributed by atoms with Crippen LogP contribution in [0.15, 0.2) is 36.5 Å². The maximum absolute atomic E-state index is 12.6. The van der Waals surface area contributed by atoms with Gasteiger partial charge in [0.25, 0.3) is 0 Å². The SMILES string of the molecule is C=C(C)C(=O)OC(CCCCC)C(OC(=O)C(=C)C)(OC(=O)C(=C)C)C(CO)(CO)CO. The van der Waals surface area contributed by atoms with Gasteiger partial charge in [-0.1, -0.05) is 39.5 Å². The van der Waals surface area contributed by atoms with Gasteiger partial charge in [0, 0.05) is 16.7 Å². The van der Waals surface area contributed by atoms with E-state index in [2.05, 4.69) is 19.7 Å². The minimum Gasteiger partial charge on any atom is -0.451 e. The first-order valence-electron chi connectivity index (χ1n) is 10.3. The van der Waals surface area contributed by atoms with Crippen LogP contribution in [0.1, 0.15) is 53.4 Å². The van der Waals surface area contributed by atoms with Gasteiger partial charge in [0.05, 0.1) is 19.8 Å². The lowest BCUT2D eigenvalue weighted by Crippen LogP contribution is -2.67. The zero-order valence-corrected chi connectivity index (χ0v) is 19.4. The van der Waals surface area contributed by atoms with E-state index in [1.54, 1.807) is 0 Å². The predicted octanol–water partition coefficient (Wildman–Crippen LogP) is 1.95. The van der Waals surface area contributed by atoms with E-state index < -0.39 is 55.0 Å². The van der Waals surface area contributed by atoms with Crippen LogP contribution in [0.3, 0.4) is 0 Å². The van der Waals surface area contributed by atoms with E-state index in [0.29, 0.717) is 12.8 Å². The second-order valence-corrected chi connectivity index (χ2v) is 7.93. The van der Waals surface area contributed by atoms with Gasteiger partial charge in [0.2, 0.25) is 0 Å². The van der Waals surface area contributed by atoms with Gasteiger partial charge < -0.3 is 29.5 Å². The zero-order valence-electron chi connectivity index (χ0n) is 19.4. The Bertz CT molecular complexity index is 683. The molecule has 0 fully saturated rings. The molecule has 0 aliphatic carbocycles. The third-order valence-corrected chi connectivity index (χ3v) is 4.92. The molecule has 3 N–H and O–H groups in total. The maximum Gasteiger partial charge on any atom is 0.336 e. The number of esters is 3. The van der Waals surface area contributed by atoms with Gasteiger partial charge in [-0.05, 0) is 33.6 Å². The predicted molar refractivity (Wildman–Crippen MR) is 117 cm³/mol. The summed E-state index contributed by atoms with van der Waals surface area (Å²) in [5, 5.41) is 30.5. The first kappa shape index (κ1) is 29.5. The molecule has 0 bridgehead atoms. The highest BCUT2D eigenvalue weighted by molar-refractivity contribution is 5.90. The van der Waals surface area contributed by atoms with Crippen molar-refractivity contribution >= 4 is 17.9 Å². The Balaban J connectivity index is 7.05. The lowest BCUT2D eigenvalue weighted by atomic mass is 9.76. The lowest BCUT2D eigenvalue weighted by molar-refractivity contribution is -0.325. The van der Waals surface area contributed by atoms with Crippen molar-refractivity contribution < 1.29 is 43.9 Å².